The topological polar surface area (TPSA) is 80.2 Å². The highest BCUT2D eigenvalue weighted by atomic mass is 19.1. The molecule has 176 valence electrons. The molecule has 1 aromatic carbocycles. The van der Waals surface area contributed by atoms with E-state index in [0.29, 0.717) is 29.5 Å². The Morgan fingerprint density at radius 1 is 1.09 bits per heavy atom. The lowest BCUT2D eigenvalue weighted by molar-refractivity contribution is 0.0148. The molecule has 0 atom stereocenters. The van der Waals surface area contributed by atoms with Gasteiger partial charge in [-0.15, -0.1) is 10.2 Å². The molecule has 1 amide bonds. The van der Waals surface area contributed by atoms with Gasteiger partial charge in [-0.2, -0.15) is 0 Å². The van der Waals surface area contributed by atoms with E-state index in [1.807, 2.05) is 19.1 Å². The SMILES string of the molecule is Cc1cc(N2CC3(CCC(CNc4ccc(-c5cc(F)cc(F)c5)nn4)CC3)OC2=O)ccn1. The number of hydrogen-bond acceptors (Lipinski definition) is 6. The van der Waals surface area contributed by atoms with Crippen molar-refractivity contribution < 1.29 is 18.3 Å². The van der Waals surface area contributed by atoms with Crippen molar-refractivity contribution in [2.24, 2.45) is 5.92 Å². The third-order valence-corrected chi connectivity index (χ3v) is 6.57. The fraction of sp³-hybridized carbons (Fsp3) is 0.360. The molecule has 0 radical (unpaired) electrons. The fourth-order valence-corrected chi connectivity index (χ4v) is 4.72. The third kappa shape index (κ3) is 4.69. The second-order valence-electron chi connectivity index (χ2n) is 9.08. The number of pyridine rings is 1. The first-order chi connectivity index (χ1) is 16.4. The van der Waals surface area contributed by atoms with Crippen LogP contribution in [0.15, 0.2) is 48.7 Å². The number of nitrogens with one attached hydrogen (secondary N) is 1. The summed E-state index contributed by atoms with van der Waals surface area (Å²) in [5.74, 6) is -0.283. The molecule has 1 aliphatic heterocycles. The monoisotopic (exact) mass is 465 g/mol. The fourth-order valence-electron chi connectivity index (χ4n) is 4.72. The van der Waals surface area contributed by atoms with Crippen molar-refractivity contribution >= 4 is 17.6 Å². The number of aromatic nitrogens is 3. The number of nitrogens with zero attached hydrogens (tertiary/aromatic N) is 4. The molecule has 1 N–H and O–H groups in total. The van der Waals surface area contributed by atoms with Gasteiger partial charge < -0.3 is 10.1 Å². The number of halogens is 2. The standard InChI is InChI=1S/C25H25F2N5O2/c1-16-10-21(6-9-28-16)32-15-25(34-24(32)33)7-4-17(5-8-25)14-29-23-3-2-22(30-31-23)18-11-19(26)13-20(27)12-18/h2-3,6,9-13,17H,4-5,7-8,14-15H2,1H3,(H,29,31). The molecule has 0 unspecified atom stereocenters. The van der Waals surface area contributed by atoms with Gasteiger partial charge in [-0.25, -0.2) is 13.6 Å². The first-order valence-electron chi connectivity index (χ1n) is 11.4. The molecule has 1 saturated heterocycles. The number of hydrogen-bond donors (Lipinski definition) is 1. The molecule has 2 aliphatic rings. The van der Waals surface area contributed by atoms with Crippen molar-refractivity contribution in [1.29, 1.82) is 0 Å². The van der Waals surface area contributed by atoms with Gasteiger partial charge in [-0.1, -0.05) is 0 Å². The maximum absolute atomic E-state index is 13.4. The molecule has 1 spiro atoms. The van der Waals surface area contributed by atoms with E-state index < -0.39 is 17.2 Å². The van der Waals surface area contributed by atoms with Gasteiger partial charge in [-0.3, -0.25) is 9.88 Å². The normalized spacial score (nSPS) is 22.1. The van der Waals surface area contributed by atoms with Crippen LogP contribution >= 0.6 is 0 Å². The molecule has 1 aliphatic carbocycles. The van der Waals surface area contributed by atoms with Crippen LogP contribution in [0.2, 0.25) is 0 Å². The van der Waals surface area contributed by atoms with Crippen molar-refractivity contribution in [3.05, 3.63) is 66.0 Å². The van der Waals surface area contributed by atoms with Crippen LogP contribution in [0, 0.1) is 24.5 Å². The highest BCUT2D eigenvalue weighted by Gasteiger charge is 2.47. The molecule has 2 fully saturated rings. The highest BCUT2D eigenvalue weighted by Crippen LogP contribution is 2.40. The van der Waals surface area contributed by atoms with Crippen LogP contribution < -0.4 is 10.2 Å². The Hall–Kier alpha value is -3.62. The summed E-state index contributed by atoms with van der Waals surface area (Å²) >= 11 is 0. The van der Waals surface area contributed by atoms with Crippen LogP contribution in [-0.4, -0.2) is 40.0 Å². The van der Waals surface area contributed by atoms with Crippen LogP contribution in [-0.2, 0) is 4.74 Å². The summed E-state index contributed by atoms with van der Waals surface area (Å²) in [5.41, 5.74) is 1.99. The Bertz CT molecular complexity index is 1180. The van der Waals surface area contributed by atoms with Crippen molar-refractivity contribution in [1.82, 2.24) is 15.2 Å². The summed E-state index contributed by atoms with van der Waals surface area (Å²) < 4.78 is 32.7. The number of anilines is 2. The van der Waals surface area contributed by atoms with E-state index in [2.05, 4.69) is 20.5 Å². The largest absolute Gasteiger partial charge is 0.441 e. The summed E-state index contributed by atoms with van der Waals surface area (Å²) in [7, 11) is 0. The maximum Gasteiger partial charge on any atom is 0.415 e. The minimum Gasteiger partial charge on any atom is -0.441 e. The molecular weight excluding hydrogens is 440 g/mol. The van der Waals surface area contributed by atoms with Crippen LogP contribution in [0.5, 0.6) is 0 Å². The molecule has 3 aromatic rings. The van der Waals surface area contributed by atoms with Crippen molar-refractivity contribution in [3.8, 4) is 11.3 Å². The van der Waals surface area contributed by atoms with Gasteiger partial charge in [0.25, 0.3) is 0 Å². The minimum absolute atomic E-state index is 0.296. The third-order valence-electron chi connectivity index (χ3n) is 6.57. The van der Waals surface area contributed by atoms with E-state index in [0.717, 1.165) is 49.7 Å². The van der Waals surface area contributed by atoms with E-state index in [1.165, 1.54) is 12.1 Å². The number of amides is 1. The Morgan fingerprint density at radius 2 is 1.85 bits per heavy atom. The van der Waals surface area contributed by atoms with E-state index in [9.17, 15) is 13.6 Å². The van der Waals surface area contributed by atoms with Gasteiger partial charge >= 0.3 is 6.09 Å². The summed E-state index contributed by atoms with van der Waals surface area (Å²) in [6.07, 6.45) is 4.88. The predicted molar refractivity (Wildman–Crippen MR) is 123 cm³/mol. The van der Waals surface area contributed by atoms with Crippen LogP contribution in [0.4, 0.5) is 25.1 Å². The Balaban J connectivity index is 1.15. The average molecular weight is 466 g/mol. The van der Waals surface area contributed by atoms with Gasteiger partial charge in [0, 0.05) is 30.1 Å². The zero-order valence-corrected chi connectivity index (χ0v) is 18.8. The summed E-state index contributed by atoms with van der Waals surface area (Å²) in [6.45, 7) is 3.18. The van der Waals surface area contributed by atoms with Gasteiger partial charge in [0.2, 0.25) is 0 Å². The second-order valence-corrected chi connectivity index (χ2v) is 9.08. The minimum atomic E-state index is -0.652. The molecule has 0 bridgehead atoms. The lowest BCUT2D eigenvalue weighted by Gasteiger charge is -2.35. The van der Waals surface area contributed by atoms with Crippen molar-refractivity contribution in [3.63, 3.8) is 0 Å². The van der Waals surface area contributed by atoms with Gasteiger partial charge in [0.1, 0.15) is 23.1 Å². The summed E-state index contributed by atoms with van der Waals surface area (Å²) in [6, 6.07) is 10.4. The van der Waals surface area contributed by atoms with Crippen LogP contribution in [0.1, 0.15) is 31.4 Å². The molecule has 3 heterocycles. The lowest BCUT2D eigenvalue weighted by Crippen LogP contribution is -2.39. The highest BCUT2D eigenvalue weighted by molar-refractivity contribution is 5.90. The summed E-state index contributed by atoms with van der Waals surface area (Å²) in [5, 5.41) is 11.5. The Kier molecular flexibility index (Phi) is 5.85. The first-order valence-corrected chi connectivity index (χ1v) is 11.4. The van der Waals surface area contributed by atoms with E-state index in [-0.39, 0.29) is 6.09 Å². The van der Waals surface area contributed by atoms with Crippen LogP contribution in [0.3, 0.4) is 0 Å². The number of carbonyl (C=O) groups is 1. The Morgan fingerprint density at radius 3 is 2.53 bits per heavy atom. The number of ether oxygens (including phenoxy) is 1. The molecular formula is C25H25F2N5O2. The molecule has 1 saturated carbocycles. The van der Waals surface area contributed by atoms with Gasteiger partial charge in [0.05, 0.1) is 17.9 Å². The number of rotatable bonds is 5. The zero-order valence-electron chi connectivity index (χ0n) is 18.8. The van der Waals surface area contributed by atoms with E-state index in [4.69, 9.17) is 4.74 Å². The average Bonchev–Trinajstić information content (AvgIpc) is 3.14. The molecule has 9 heteroatoms. The smallest absolute Gasteiger partial charge is 0.415 e. The maximum atomic E-state index is 13.4. The first kappa shape index (κ1) is 22.2. The van der Waals surface area contributed by atoms with Crippen LogP contribution in [0.25, 0.3) is 11.3 Å². The molecule has 7 nitrogen and oxygen atoms in total. The quantitative estimate of drug-likeness (QED) is 0.563. The van der Waals surface area contributed by atoms with E-state index in [1.54, 1.807) is 23.2 Å². The summed E-state index contributed by atoms with van der Waals surface area (Å²) in [4.78, 5) is 18.4. The van der Waals surface area contributed by atoms with Crippen molar-refractivity contribution in [2.75, 3.05) is 23.3 Å². The number of aryl methyl sites for hydroxylation is 1. The van der Waals surface area contributed by atoms with E-state index >= 15 is 0 Å². The van der Waals surface area contributed by atoms with Crippen molar-refractivity contribution in [2.45, 2.75) is 38.2 Å². The van der Waals surface area contributed by atoms with Gasteiger partial charge in [-0.05, 0) is 74.9 Å². The lowest BCUT2D eigenvalue weighted by atomic mass is 9.78. The molecule has 34 heavy (non-hydrogen) atoms. The second kappa shape index (κ2) is 8.96. The predicted octanol–water partition coefficient (Wildman–Crippen LogP) is 5.12. The molecule has 2 aromatic heterocycles. The number of benzene rings is 1. The number of carbonyl (C=O) groups excluding carboxylic acids is 1. The van der Waals surface area contributed by atoms with Gasteiger partial charge in [0.15, 0.2) is 0 Å². The molecule has 5 rings (SSSR count). The zero-order chi connectivity index (χ0) is 23.7. The Labute approximate surface area is 196 Å².